The molecule has 0 saturated heterocycles. The van der Waals surface area contributed by atoms with Gasteiger partial charge >= 0.3 is 0 Å². The Morgan fingerprint density at radius 2 is 2.00 bits per heavy atom. The lowest BCUT2D eigenvalue weighted by atomic mass is 10.0. The van der Waals surface area contributed by atoms with E-state index in [2.05, 4.69) is 22.9 Å². The van der Waals surface area contributed by atoms with E-state index < -0.39 is 0 Å². The van der Waals surface area contributed by atoms with Gasteiger partial charge < -0.3 is 10.5 Å². The van der Waals surface area contributed by atoms with E-state index in [1.165, 1.54) is 6.07 Å². The van der Waals surface area contributed by atoms with Gasteiger partial charge in [-0.3, -0.25) is 0 Å². The number of hydrogen-bond donors (Lipinski definition) is 1. The second-order valence-corrected chi connectivity index (χ2v) is 6.02. The van der Waals surface area contributed by atoms with Gasteiger partial charge in [0.15, 0.2) is 11.6 Å². The summed E-state index contributed by atoms with van der Waals surface area (Å²) in [7, 11) is 0. The van der Waals surface area contributed by atoms with E-state index in [9.17, 15) is 4.39 Å². The highest BCUT2D eigenvalue weighted by atomic mass is 79.9. The molecule has 4 heteroatoms. The Balaban J connectivity index is 2.18. The molecular formula is C17H19BrFNO. The van der Waals surface area contributed by atoms with Crippen molar-refractivity contribution in [3.8, 4) is 11.5 Å². The minimum absolute atomic E-state index is 0.141. The van der Waals surface area contributed by atoms with Crippen molar-refractivity contribution in [2.75, 3.05) is 0 Å². The summed E-state index contributed by atoms with van der Waals surface area (Å²) in [5.74, 6) is 0.467. The topological polar surface area (TPSA) is 35.2 Å². The molecule has 2 N–H and O–H groups in total. The highest BCUT2D eigenvalue weighted by Gasteiger charge is 2.09. The SMILES string of the molecule is CCC(N)Cc1ccc(Oc2cc(C)ccc2F)cc1Br. The number of halogens is 2. The Labute approximate surface area is 133 Å². The lowest BCUT2D eigenvalue weighted by Gasteiger charge is -2.13. The molecule has 0 aliphatic carbocycles. The predicted octanol–water partition coefficient (Wildman–Crippen LogP) is 4.97. The molecule has 0 heterocycles. The van der Waals surface area contributed by atoms with Gasteiger partial charge in [-0.2, -0.15) is 0 Å². The van der Waals surface area contributed by atoms with E-state index in [1.54, 1.807) is 12.1 Å². The zero-order valence-electron chi connectivity index (χ0n) is 12.2. The van der Waals surface area contributed by atoms with E-state index in [4.69, 9.17) is 10.5 Å². The predicted molar refractivity (Wildman–Crippen MR) is 87.3 cm³/mol. The molecule has 2 aromatic rings. The first-order chi connectivity index (χ1) is 9.99. The molecule has 0 amide bonds. The third-order valence-electron chi connectivity index (χ3n) is 3.35. The molecule has 21 heavy (non-hydrogen) atoms. The van der Waals surface area contributed by atoms with E-state index >= 15 is 0 Å². The second kappa shape index (κ2) is 7.05. The number of rotatable bonds is 5. The van der Waals surface area contributed by atoms with Gasteiger partial charge in [0.1, 0.15) is 5.75 Å². The third kappa shape index (κ3) is 4.29. The first kappa shape index (κ1) is 16.0. The van der Waals surface area contributed by atoms with Crippen LogP contribution in [0.1, 0.15) is 24.5 Å². The Kier molecular flexibility index (Phi) is 5.37. The molecule has 112 valence electrons. The zero-order chi connectivity index (χ0) is 15.4. The van der Waals surface area contributed by atoms with Crippen molar-refractivity contribution in [3.05, 3.63) is 57.8 Å². The molecule has 2 nitrogen and oxygen atoms in total. The van der Waals surface area contributed by atoms with Crippen LogP contribution in [0, 0.1) is 12.7 Å². The van der Waals surface area contributed by atoms with Crippen LogP contribution in [0.2, 0.25) is 0 Å². The van der Waals surface area contributed by atoms with E-state index in [1.807, 2.05) is 25.1 Å². The summed E-state index contributed by atoms with van der Waals surface area (Å²) in [6, 6.07) is 10.6. The van der Waals surface area contributed by atoms with Crippen LogP contribution >= 0.6 is 15.9 Å². The van der Waals surface area contributed by atoms with E-state index in [-0.39, 0.29) is 17.6 Å². The molecule has 2 aromatic carbocycles. The van der Waals surface area contributed by atoms with Gasteiger partial charge in [-0.25, -0.2) is 4.39 Å². The molecule has 0 aliphatic rings. The molecule has 1 unspecified atom stereocenters. The quantitative estimate of drug-likeness (QED) is 0.825. The molecule has 0 bridgehead atoms. The summed E-state index contributed by atoms with van der Waals surface area (Å²) < 4.78 is 20.2. The zero-order valence-corrected chi connectivity index (χ0v) is 13.8. The molecule has 0 fully saturated rings. The largest absolute Gasteiger partial charge is 0.454 e. The van der Waals surface area contributed by atoms with Crippen molar-refractivity contribution < 1.29 is 9.13 Å². The fourth-order valence-corrected chi connectivity index (χ4v) is 2.52. The summed E-state index contributed by atoms with van der Waals surface area (Å²) in [4.78, 5) is 0. The Morgan fingerprint density at radius 1 is 1.24 bits per heavy atom. The summed E-state index contributed by atoms with van der Waals surface area (Å²) in [5, 5.41) is 0. The summed E-state index contributed by atoms with van der Waals surface area (Å²) in [6.07, 6.45) is 1.73. The van der Waals surface area contributed by atoms with Crippen LogP contribution < -0.4 is 10.5 Å². The van der Waals surface area contributed by atoms with Gasteiger partial charge in [-0.05, 0) is 55.2 Å². The summed E-state index contributed by atoms with van der Waals surface area (Å²) >= 11 is 3.52. The van der Waals surface area contributed by atoms with Crippen LogP contribution in [0.25, 0.3) is 0 Å². The first-order valence-corrected chi connectivity index (χ1v) is 7.77. The fourth-order valence-electron chi connectivity index (χ4n) is 2.00. The molecular weight excluding hydrogens is 333 g/mol. The molecule has 0 saturated carbocycles. The summed E-state index contributed by atoms with van der Waals surface area (Å²) in [6.45, 7) is 3.97. The van der Waals surface area contributed by atoms with Crippen LogP contribution in [-0.2, 0) is 6.42 Å². The Bertz CT molecular complexity index is 630. The minimum atomic E-state index is -0.367. The monoisotopic (exact) mass is 351 g/mol. The number of ether oxygens (including phenoxy) is 1. The Hall–Kier alpha value is -1.39. The maximum Gasteiger partial charge on any atom is 0.165 e. The van der Waals surface area contributed by atoms with Gasteiger partial charge in [0.25, 0.3) is 0 Å². The second-order valence-electron chi connectivity index (χ2n) is 5.16. The van der Waals surface area contributed by atoms with Crippen LogP contribution in [0.3, 0.4) is 0 Å². The van der Waals surface area contributed by atoms with Crippen LogP contribution in [0.5, 0.6) is 11.5 Å². The van der Waals surface area contributed by atoms with Crippen molar-refractivity contribution in [2.45, 2.75) is 32.7 Å². The average molecular weight is 352 g/mol. The van der Waals surface area contributed by atoms with E-state index in [0.717, 1.165) is 28.4 Å². The van der Waals surface area contributed by atoms with Gasteiger partial charge in [0.05, 0.1) is 0 Å². The van der Waals surface area contributed by atoms with Gasteiger partial charge in [0.2, 0.25) is 0 Å². The number of aryl methyl sites for hydroxylation is 1. The lowest BCUT2D eigenvalue weighted by Crippen LogP contribution is -2.21. The van der Waals surface area contributed by atoms with Crippen LogP contribution in [0.4, 0.5) is 4.39 Å². The smallest absolute Gasteiger partial charge is 0.165 e. The van der Waals surface area contributed by atoms with Crippen LogP contribution in [0.15, 0.2) is 40.9 Å². The molecule has 0 aromatic heterocycles. The number of nitrogens with two attached hydrogens (primary N) is 1. The van der Waals surface area contributed by atoms with Crippen molar-refractivity contribution >= 4 is 15.9 Å². The molecule has 2 rings (SSSR count). The standard InChI is InChI=1S/C17H19BrFNO/c1-3-13(20)9-12-5-6-14(10-15(12)18)21-17-8-11(2)4-7-16(17)19/h4-8,10,13H,3,9,20H2,1-2H3. The highest BCUT2D eigenvalue weighted by molar-refractivity contribution is 9.10. The third-order valence-corrected chi connectivity index (χ3v) is 4.08. The van der Waals surface area contributed by atoms with Crippen molar-refractivity contribution in [1.29, 1.82) is 0 Å². The average Bonchev–Trinajstić information content (AvgIpc) is 2.45. The van der Waals surface area contributed by atoms with Gasteiger partial charge in [0, 0.05) is 10.5 Å². The normalized spacial score (nSPS) is 12.2. The summed E-state index contributed by atoms with van der Waals surface area (Å²) in [5.41, 5.74) is 8.05. The first-order valence-electron chi connectivity index (χ1n) is 6.97. The highest BCUT2D eigenvalue weighted by Crippen LogP contribution is 2.29. The van der Waals surface area contributed by atoms with E-state index in [0.29, 0.717) is 5.75 Å². The minimum Gasteiger partial charge on any atom is -0.454 e. The van der Waals surface area contributed by atoms with Gasteiger partial charge in [-0.15, -0.1) is 0 Å². The maximum atomic E-state index is 13.7. The van der Waals surface area contributed by atoms with Gasteiger partial charge in [-0.1, -0.05) is 35.0 Å². The fraction of sp³-hybridized carbons (Fsp3) is 0.294. The molecule has 0 aliphatic heterocycles. The molecule has 1 atom stereocenters. The van der Waals surface area contributed by atoms with Crippen LogP contribution in [-0.4, -0.2) is 6.04 Å². The van der Waals surface area contributed by atoms with Crippen molar-refractivity contribution in [3.63, 3.8) is 0 Å². The Morgan fingerprint density at radius 3 is 2.67 bits per heavy atom. The molecule has 0 radical (unpaired) electrons. The van der Waals surface area contributed by atoms with Crippen molar-refractivity contribution in [1.82, 2.24) is 0 Å². The van der Waals surface area contributed by atoms with Crippen molar-refractivity contribution in [2.24, 2.45) is 5.73 Å². The maximum absolute atomic E-state index is 13.7. The lowest BCUT2D eigenvalue weighted by molar-refractivity contribution is 0.441. The number of benzene rings is 2. The number of hydrogen-bond acceptors (Lipinski definition) is 2. The molecule has 0 spiro atoms.